The Labute approximate surface area is 214 Å². The number of pyridine rings is 1. The Kier molecular flexibility index (Phi) is 6.85. The zero-order chi connectivity index (χ0) is 25.4. The number of nitrogens with one attached hydrogen (secondary N) is 1. The van der Waals surface area contributed by atoms with Crippen molar-refractivity contribution in [2.24, 2.45) is 0 Å². The third-order valence-electron chi connectivity index (χ3n) is 6.98. The number of fused-ring (bicyclic) bond motifs is 2. The van der Waals surface area contributed by atoms with Crippen molar-refractivity contribution >= 4 is 13.7 Å². The van der Waals surface area contributed by atoms with Crippen LogP contribution in [0.1, 0.15) is 42.0 Å². The summed E-state index contributed by atoms with van der Waals surface area (Å²) < 4.78 is 10.2. The lowest BCUT2D eigenvalue weighted by molar-refractivity contribution is 0.0799. The standard InChI is InChI=1S/C28H38N6OSi/c1-19(2)25-26(22-7-8-23-15-29-10-9-21(23)14-22)32-34(18-35-11-12-36(4,5)6)27(25)24-13-20(3)28-30-17-31-33(28)16-24/h7-8,13-14,16-17,19,29H,9-12,15,18H2,1-6H3. The summed E-state index contributed by atoms with van der Waals surface area (Å²) in [7, 11) is -1.17. The van der Waals surface area contributed by atoms with Crippen LogP contribution in [-0.4, -0.2) is 45.6 Å². The maximum atomic E-state index is 6.23. The molecule has 1 N–H and O–H groups in total. The highest BCUT2D eigenvalue weighted by Gasteiger charge is 2.25. The molecule has 36 heavy (non-hydrogen) atoms. The van der Waals surface area contributed by atoms with Gasteiger partial charge in [-0.1, -0.05) is 45.6 Å². The molecule has 0 saturated carbocycles. The highest BCUT2D eigenvalue weighted by atomic mass is 28.3. The first-order valence-electron chi connectivity index (χ1n) is 13.0. The molecule has 7 nitrogen and oxygen atoms in total. The van der Waals surface area contributed by atoms with Crippen LogP contribution in [0.3, 0.4) is 0 Å². The number of nitrogens with zero attached hydrogens (tertiary/aromatic N) is 5. The van der Waals surface area contributed by atoms with Crippen molar-refractivity contribution in [1.29, 1.82) is 0 Å². The SMILES string of the molecule is Cc1cc(-c2c(C(C)C)c(-c3ccc4c(c3)CCNC4)nn2COCC[Si](C)(C)C)cn2ncnc12. The van der Waals surface area contributed by atoms with Crippen LogP contribution in [0.15, 0.2) is 36.8 Å². The lowest BCUT2D eigenvalue weighted by Gasteiger charge is -2.18. The van der Waals surface area contributed by atoms with Gasteiger partial charge in [0.1, 0.15) is 13.1 Å². The summed E-state index contributed by atoms with van der Waals surface area (Å²) in [5, 5.41) is 13.1. The minimum Gasteiger partial charge on any atom is -0.360 e. The van der Waals surface area contributed by atoms with E-state index in [-0.39, 0.29) is 5.92 Å². The van der Waals surface area contributed by atoms with E-state index in [1.165, 1.54) is 22.3 Å². The Morgan fingerprint density at radius 2 is 1.94 bits per heavy atom. The Hall–Kier alpha value is -2.81. The van der Waals surface area contributed by atoms with Crippen molar-refractivity contribution in [2.45, 2.75) is 72.1 Å². The van der Waals surface area contributed by atoms with Gasteiger partial charge in [-0.05, 0) is 60.7 Å². The van der Waals surface area contributed by atoms with Gasteiger partial charge in [-0.25, -0.2) is 14.2 Å². The second-order valence-corrected chi connectivity index (χ2v) is 17.1. The van der Waals surface area contributed by atoms with Gasteiger partial charge >= 0.3 is 0 Å². The molecule has 1 aromatic carbocycles. The summed E-state index contributed by atoms with van der Waals surface area (Å²) in [6, 6.07) is 10.2. The number of hydrogen-bond acceptors (Lipinski definition) is 5. The molecule has 190 valence electrons. The van der Waals surface area contributed by atoms with Gasteiger partial charge in [0.2, 0.25) is 0 Å². The first-order valence-corrected chi connectivity index (χ1v) is 16.7. The summed E-state index contributed by atoms with van der Waals surface area (Å²) in [6.45, 7) is 16.9. The van der Waals surface area contributed by atoms with Gasteiger partial charge in [0.05, 0.1) is 11.4 Å². The number of hydrogen-bond donors (Lipinski definition) is 1. The summed E-state index contributed by atoms with van der Waals surface area (Å²) in [6.07, 6.45) is 4.73. The van der Waals surface area contributed by atoms with Crippen molar-refractivity contribution in [3.05, 3.63) is 59.0 Å². The molecule has 0 amide bonds. The van der Waals surface area contributed by atoms with Gasteiger partial charge in [0, 0.05) is 44.1 Å². The third-order valence-corrected chi connectivity index (χ3v) is 8.68. The Bertz CT molecular complexity index is 1380. The van der Waals surface area contributed by atoms with E-state index in [9.17, 15) is 0 Å². The normalized spacial score (nSPS) is 14.1. The van der Waals surface area contributed by atoms with Gasteiger partial charge < -0.3 is 10.1 Å². The summed E-state index contributed by atoms with van der Waals surface area (Å²) in [5.41, 5.74) is 10.4. The Morgan fingerprint density at radius 1 is 1.11 bits per heavy atom. The van der Waals surface area contributed by atoms with Crippen LogP contribution in [0.4, 0.5) is 0 Å². The smallest absolute Gasteiger partial charge is 0.158 e. The molecule has 5 rings (SSSR count). The minimum absolute atomic E-state index is 0.287. The van der Waals surface area contributed by atoms with E-state index in [4.69, 9.17) is 9.84 Å². The summed E-state index contributed by atoms with van der Waals surface area (Å²) in [5.74, 6) is 0.287. The molecule has 0 atom stereocenters. The fraction of sp³-hybridized carbons (Fsp3) is 0.464. The maximum absolute atomic E-state index is 6.23. The van der Waals surface area contributed by atoms with Crippen molar-refractivity contribution in [1.82, 2.24) is 29.7 Å². The van der Waals surface area contributed by atoms with E-state index < -0.39 is 8.07 Å². The molecular weight excluding hydrogens is 464 g/mol. The summed E-state index contributed by atoms with van der Waals surface area (Å²) in [4.78, 5) is 4.41. The van der Waals surface area contributed by atoms with Gasteiger partial charge in [0.25, 0.3) is 0 Å². The molecule has 0 saturated heterocycles. The van der Waals surface area contributed by atoms with Crippen LogP contribution in [0, 0.1) is 6.92 Å². The van der Waals surface area contributed by atoms with Crippen LogP contribution in [-0.2, 0) is 24.4 Å². The van der Waals surface area contributed by atoms with Crippen LogP contribution >= 0.6 is 0 Å². The molecule has 0 aliphatic carbocycles. The Balaban J connectivity index is 1.63. The summed E-state index contributed by atoms with van der Waals surface area (Å²) >= 11 is 0. The number of aromatic nitrogens is 5. The number of aryl methyl sites for hydroxylation is 1. The molecule has 4 heterocycles. The first-order chi connectivity index (χ1) is 17.2. The van der Waals surface area contributed by atoms with Crippen molar-refractivity contribution in [3.63, 3.8) is 0 Å². The molecule has 4 aromatic rings. The van der Waals surface area contributed by atoms with E-state index in [1.54, 1.807) is 6.33 Å². The minimum atomic E-state index is -1.17. The molecular formula is C28H38N6OSi. The van der Waals surface area contributed by atoms with E-state index >= 15 is 0 Å². The van der Waals surface area contributed by atoms with E-state index in [2.05, 4.69) is 91.0 Å². The molecule has 0 fully saturated rings. The number of ether oxygens (including phenoxy) is 1. The van der Waals surface area contributed by atoms with Gasteiger partial charge in [-0.15, -0.1) is 0 Å². The van der Waals surface area contributed by atoms with Gasteiger partial charge in [0.15, 0.2) is 5.65 Å². The topological polar surface area (TPSA) is 69.3 Å². The highest BCUT2D eigenvalue weighted by Crippen LogP contribution is 2.38. The average molecular weight is 503 g/mol. The monoisotopic (exact) mass is 502 g/mol. The Morgan fingerprint density at radius 3 is 2.72 bits per heavy atom. The molecule has 0 radical (unpaired) electrons. The largest absolute Gasteiger partial charge is 0.360 e. The lowest BCUT2D eigenvalue weighted by Crippen LogP contribution is -2.23. The zero-order valence-corrected chi connectivity index (χ0v) is 23.4. The highest BCUT2D eigenvalue weighted by molar-refractivity contribution is 6.76. The predicted molar refractivity (Wildman–Crippen MR) is 148 cm³/mol. The zero-order valence-electron chi connectivity index (χ0n) is 22.4. The fourth-order valence-corrected chi connectivity index (χ4v) is 5.77. The first kappa shape index (κ1) is 24.9. The molecule has 0 spiro atoms. The molecule has 3 aromatic heterocycles. The van der Waals surface area contributed by atoms with E-state index in [0.29, 0.717) is 6.73 Å². The second kappa shape index (κ2) is 9.92. The molecule has 0 bridgehead atoms. The molecule has 1 aliphatic rings. The van der Waals surface area contributed by atoms with Crippen molar-refractivity contribution in [2.75, 3.05) is 13.2 Å². The molecule has 1 aliphatic heterocycles. The van der Waals surface area contributed by atoms with Gasteiger partial charge in [-0.2, -0.15) is 10.2 Å². The third kappa shape index (κ3) is 5.03. The van der Waals surface area contributed by atoms with Crippen molar-refractivity contribution in [3.8, 4) is 22.5 Å². The molecule has 8 heteroatoms. The van der Waals surface area contributed by atoms with E-state index in [0.717, 1.165) is 60.3 Å². The number of rotatable bonds is 8. The predicted octanol–water partition coefficient (Wildman–Crippen LogP) is 5.65. The average Bonchev–Trinajstić information content (AvgIpc) is 3.46. The van der Waals surface area contributed by atoms with Crippen LogP contribution in [0.5, 0.6) is 0 Å². The number of benzene rings is 1. The van der Waals surface area contributed by atoms with Crippen LogP contribution < -0.4 is 5.32 Å². The van der Waals surface area contributed by atoms with E-state index in [1.807, 2.05) is 4.52 Å². The molecule has 0 unspecified atom stereocenters. The lowest BCUT2D eigenvalue weighted by atomic mass is 9.91. The maximum Gasteiger partial charge on any atom is 0.158 e. The fourth-order valence-electron chi connectivity index (χ4n) is 5.01. The van der Waals surface area contributed by atoms with Crippen LogP contribution in [0.25, 0.3) is 28.2 Å². The van der Waals surface area contributed by atoms with Crippen molar-refractivity contribution < 1.29 is 4.74 Å². The second-order valence-electron chi connectivity index (χ2n) is 11.5. The quantitative estimate of drug-likeness (QED) is 0.249. The van der Waals surface area contributed by atoms with Crippen LogP contribution in [0.2, 0.25) is 25.7 Å². The van der Waals surface area contributed by atoms with Gasteiger partial charge in [-0.3, -0.25) is 0 Å².